The summed E-state index contributed by atoms with van der Waals surface area (Å²) >= 11 is 0. The van der Waals surface area contributed by atoms with Crippen LogP contribution in [0.25, 0.3) is 22.5 Å². The standard InChI is InChI=1S/C21H21N7O3/c1-2-28-13-15(12-23-28)16-4-3-5-18(24-16)25-20(29)14-10-17-19(22-11-14)26-21(31-17)27-6-8-30-9-7-27/h3-5,10-13H,2,6-9H2,1H3,(H,24,25,29). The Kier molecular flexibility index (Phi) is 5.04. The number of carbonyl (C=O) groups is 1. The fourth-order valence-corrected chi connectivity index (χ4v) is 3.34. The lowest BCUT2D eigenvalue weighted by molar-refractivity contribution is 0.102. The van der Waals surface area contributed by atoms with Crippen LogP contribution in [0.2, 0.25) is 0 Å². The second kappa shape index (κ2) is 8.15. The first-order valence-electron chi connectivity index (χ1n) is 10.1. The molecule has 1 N–H and O–H groups in total. The van der Waals surface area contributed by atoms with E-state index in [-0.39, 0.29) is 5.91 Å². The third-order valence-electron chi connectivity index (χ3n) is 5.02. The normalized spacial score (nSPS) is 14.2. The number of carbonyl (C=O) groups excluding carboxylic acids is 1. The van der Waals surface area contributed by atoms with Crippen LogP contribution in [-0.4, -0.2) is 56.9 Å². The van der Waals surface area contributed by atoms with Gasteiger partial charge < -0.3 is 19.4 Å². The molecule has 1 aliphatic rings. The van der Waals surface area contributed by atoms with Crippen molar-refractivity contribution >= 4 is 29.0 Å². The predicted octanol–water partition coefficient (Wildman–Crippen LogP) is 2.59. The summed E-state index contributed by atoms with van der Waals surface area (Å²) in [5.74, 6) is 0.117. The molecule has 5 heterocycles. The number of nitrogens with one attached hydrogen (secondary N) is 1. The molecule has 5 rings (SSSR count). The van der Waals surface area contributed by atoms with Gasteiger partial charge in [-0.1, -0.05) is 6.07 Å². The second-order valence-electron chi connectivity index (χ2n) is 7.09. The molecule has 4 aromatic rings. The SMILES string of the molecule is CCn1cc(-c2cccc(NC(=O)c3cnc4nc(N5CCOCC5)oc4c3)n2)cn1. The van der Waals surface area contributed by atoms with Crippen LogP contribution in [0.3, 0.4) is 0 Å². The molecule has 1 aliphatic heterocycles. The quantitative estimate of drug-likeness (QED) is 0.525. The summed E-state index contributed by atoms with van der Waals surface area (Å²) in [6.07, 6.45) is 5.16. The zero-order chi connectivity index (χ0) is 21.2. The highest BCUT2D eigenvalue weighted by atomic mass is 16.5. The van der Waals surface area contributed by atoms with Crippen LogP contribution in [0.15, 0.2) is 47.3 Å². The Hall–Kier alpha value is -3.79. The number of amides is 1. The smallest absolute Gasteiger partial charge is 0.300 e. The predicted molar refractivity (Wildman–Crippen MR) is 114 cm³/mol. The van der Waals surface area contributed by atoms with Gasteiger partial charge in [-0.3, -0.25) is 9.48 Å². The van der Waals surface area contributed by atoms with E-state index in [1.54, 1.807) is 18.3 Å². The monoisotopic (exact) mass is 419 g/mol. The van der Waals surface area contributed by atoms with Gasteiger partial charge in [-0.15, -0.1) is 0 Å². The minimum atomic E-state index is -0.326. The third-order valence-corrected chi connectivity index (χ3v) is 5.02. The Morgan fingerprint density at radius 2 is 2.06 bits per heavy atom. The maximum absolute atomic E-state index is 12.8. The van der Waals surface area contributed by atoms with Crippen molar-refractivity contribution in [3.05, 3.63) is 48.4 Å². The van der Waals surface area contributed by atoms with Crippen LogP contribution in [0.5, 0.6) is 0 Å². The van der Waals surface area contributed by atoms with Crippen molar-refractivity contribution in [2.75, 3.05) is 36.5 Å². The number of oxazole rings is 1. The first-order chi connectivity index (χ1) is 15.2. The van der Waals surface area contributed by atoms with Crippen molar-refractivity contribution in [3.8, 4) is 11.3 Å². The summed E-state index contributed by atoms with van der Waals surface area (Å²) in [6.45, 7) is 5.47. The number of pyridine rings is 2. The largest absolute Gasteiger partial charge is 0.422 e. The van der Waals surface area contributed by atoms with Gasteiger partial charge in [0.05, 0.1) is 30.7 Å². The zero-order valence-corrected chi connectivity index (χ0v) is 17.0. The molecule has 158 valence electrons. The van der Waals surface area contributed by atoms with Gasteiger partial charge in [0.2, 0.25) is 5.65 Å². The fraction of sp³-hybridized carbons (Fsp3) is 0.286. The van der Waals surface area contributed by atoms with Crippen LogP contribution in [0.4, 0.5) is 11.8 Å². The van der Waals surface area contributed by atoms with Crippen molar-refractivity contribution in [2.45, 2.75) is 13.5 Å². The number of hydrogen-bond donors (Lipinski definition) is 1. The molecular formula is C21H21N7O3. The van der Waals surface area contributed by atoms with Gasteiger partial charge in [0.1, 0.15) is 5.82 Å². The van der Waals surface area contributed by atoms with Gasteiger partial charge in [0.25, 0.3) is 11.9 Å². The molecule has 0 radical (unpaired) electrons. The molecule has 1 amide bonds. The summed E-state index contributed by atoms with van der Waals surface area (Å²) < 4.78 is 13.0. The highest BCUT2D eigenvalue weighted by molar-refractivity contribution is 6.04. The Balaban J connectivity index is 1.34. The molecule has 0 spiro atoms. The first-order valence-corrected chi connectivity index (χ1v) is 10.1. The van der Waals surface area contributed by atoms with E-state index in [4.69, 9.17) is 9.15 Å². The average Bonchev–Trinajstić information content (AvgIpc) is 3.46. The average molecular weight is 419 g/mol. The van der Waals surface area contributed by atoms with E-state index < -0.39 is 0 Å². The van der Waals surface area contributed by atoms with Crippen LogP contribution in [-0.2, 0) is 11.3 Å². The second-order valence-corrected chi connectivity index (χ2v) is 7.09. The molecule has 0 aromatic carbocycles. The first kappa shape index (κ1) is 19.2. The highest BCUT2D eigenvalue weighted by Crippen LogP contribution is 2.23. The maximum atomic E-state index is 12.8. The van der Waals surface area contributed by atoms with Gasteiger partial charge in [-0.2, -0.15) is 10.1 Å². The summed E-state index contributed by atoms with van der Waals surface area (Å²) in [5.41, 5.74) is 2.91. The summed E-state index contributed by atoms with van der Waals surface area (Å²) in [7, 11) is 0. The summed E-state index contributed by atoms with van der Waals surface area (Å²) in [5, 5.41) is 7.09. The Bertz CT molecular complexity index is 1230. The van der Waals surface area contributed by atoms with E-state index in [1.807, 2.05) is 34.8 Å². The topological polar surface area (TPSA) is 111 Å². The Morgan fingerprint density at radius 1 is 1.19 bits per heavy atom. The number of aryl methyl sites for hydroxylation is 1. The van der Waals surface area contributed by atoms with Crippen molar-refractivity contribution in [3.63, 3.8) is 0 Å². The van der Waals surface area contributed by atoms with Crippen LogP contribution >= 0.6 is 0 Å². The minimum absolute atomic E-state index is 0.326. The molecule has 10 nitrogen and oxygen atoms in total. The molecule has 0 saturated carbocycles. The number of ether oxygens (including phenoxy) is 1. The third kappa shape index (κ3) is 3.97. The van der Waals surface area contributed by atoms with Gasteiger partial charge in [-0.05, 0) is 25.1 Å². The zero-order valence-electron chi connectivity index (χ0n) is 17.0. The summed E-state index contributed by atoms with van der Waals surface area (Å²) in [4.78, 5) is 28.0. The van der Waals surface area contributed by atoms with Crippen molar-refractivity contribution in [1.29, 1.82) is 0 Å². The number of nitrogens with zero attached hydrogens (tertiary/aromatic N) is 6. The minimum Gasteiger partial charge on any atom is -0.422 e. The maximum Gasteiger partial charge on any atom is 0.300 e. The molecule has 4 aromatic heterocycles. The number of morpholine rings is 1. The molecule has 0 atom stereocenters. The van der Waals surface area contributed by atoms with Crippen LogP contribution in [0, 0.1) is 0 Å². The molecular weight excluding hydrogens is 398 g/mol. The Labute approximate surface area is 177 Å². The van der Waals surface area contributed by atoms with E-state index >= 15 is 0 Å². The van der Waals surface area contributed by atoms with Gasteiger partial charge in [-0.25, -0.2) is 9.97 Å². The van der Waals surface area contributed by atoms with Crippen LogP contribution in [0.1, 0.15) is 17.3 Å². The van der Waals surface area contributed by atoms with Crippen molar-refractivity contribution in [2.24, 2.45) is 0 Å². The van der Waals surface area contributed by atoms with E-state index in [2.05, 4.69) is 25.4 Å². The van der Waals surface area contributed by atoms with E-state index in [1.165, 1.54) is 6.20 Å². The molecule has 0 aliphatic carbocycles. The summed E-state index contributed by atoms with van der Waals surface area (Å²) in [6, 6.07) is 7.59. The van der Waals surface area contributed by atoms with Crippen molar-refractivity contribution < 1.29 is 13.9 Å². The molecule has 1 saturated heterocycles. The van der Waals surface area contributed by atoms with Gasteiger partial charge >= 0.3 is 0 Å². The van der Waals surface area contributed by atoms with E-state index in [0.717, 1.165) is 17.8 Å². The number of fused-ring (bicyclic) bond motifs is 1. The lowest BCUT2D eigenvalue weighted by Gasteiger charge is -2.24. The van der Waals surface area contributed by atoms with E-state index in [9.17, 15) is 4.79 Å². The molecule has 10 heteroatoms. The number of anilines is 2. The molecule has 1 fully saturated rings. The van der Waals surface area contributed by atoms with Crippen LogP contribution < -0.4 is 10.2 Å². The Morgan fingerprint density at radius 3 is 2.87 bits per heavy atom. The van der Waals surface area contributed by atoms with Gasteiger partial charge in [0.15, 0.2) is 5.58 Å². The molecule has 31 heavy (non-hydrogen) atoms. The highest BCUT2D eigenvalue weighted by Gasteiger charge is 2.19. The van der Waals surface area contributed by atoms with Gasteiger partial charge in [0, 0.05) is 37.6 Å². The lowest BCUT2D eigenvalue weighted by Crippen LogP contribution is -2.36. The number of hydrogen-bond acceptors (Lipinski definition) is 8. The lowest BCUT2D eigenvalue weighted by atomic mass is 10.2. The number of rotatable bonds is 5. The van der Waals surface area contributed by atoms with Crippen molar-refractivity contribution in [1.82, 2.24) is 24.7 Å². The molecule has 0 bridgehead atoms. The number of aromatic nitrogens is 5. The molecule has 0 unspecified atom stereocenters. The fourth-order valence-electron chi connectivity index (χ4n) is 3.34. The van der Waals surface area contributed by atoms with E-state index in [0.29, 0.717) is 54.9 Å².